The molecule has 0 fully saturated rings. The van der Waals surface area contributed by atoms with E-state index in [9.17, 15) is 4.39 Å². The molecule has 0 bridgehead atoms. The molecule has 1 unspecified atom stereocenters. The van der Waals surface area contributed by atoms with Crippen LogP contribution in [0.25, 0.3) is 0 Å². The van der Waals surface area contributed by atoms with Gasteiger partial charge in [0.05, 0.1) is 11.6 Å². The van der Waals surface area contributed by atoms with Crippen molar-refractivity contribution in [2.24, 2.45) is 11.3 Å². The Bertz CT molecular complexity index is 417. The minimum Gasteiger partial charge on any atom is -0.383 e. The molecule has 0 saturated heterocycles. The monoisotopic (exact) mass is 301 g/mol. The first-order valence-corrected chi connectivity index (χ1v) is 7.36. The Morgan fingerprint density at radius 3 is 2.65 bits per heavy atom. The predicted molar refractivity (Wildman–Crippen MR) is 82.8 cm³/mol. The second-order valence-corrected chi connectivity index (χ2v) is 6.58. The highest BCUT2D eigenvalue weighted by Crippen LogP contribution is 2.30. The first kappa shape index (κ1) is 17.4. The molecule has 0 aromatic heterocycles. The predicted octanol–water partition coefficient (Wildman–Crippen LogP) is 3.92. The number of ether oxygens (including phenoxy) is 1. The molecule has 0 radical (unpaired) electrons. The molecule has 0 heterocycles. The van der Waals surface area contributed by atoms with Crippen LogP contribution in [0.4, 0.5) is 4.39 Å². The van der Waals surface area contributed by atoms with E-state index in [0.29, 0.717) is 24.5 Å². The Kier molecular flexibility index (Phi) is 6.93. The van der Waals surface area contributed by atoms with Crippen molar-refractivity contribution in [3.8, 4) is 0 Å². The van der Waals surface area contributed by atoms with Crippen molar-refractivity contribution in [1.82, 2.24) is 5.32 Å². The summed E-state index contributed by atoms with van der Waals surface area (Å²) in [5, 5.41) is 3.56. The lowest BCUT2D eigenvalue weighted by molar-refractivity contribution is 0.186. The maximum Gasteiger partial charge on any atom is 0.144 e. The van der Waals surface area contributed by atoms with Gasteiger partial charge >= 0.3 is 0 Å². The summed E-state index contributed by atoms with van der Waals surface area (Å²) in [4.78, 5) is 0. The van der Waals surface area contributed by atoms with Crippen LogP contribution in [0.2, 0.25) is 5.02 Å². The summed E-state index contributed by atoms with van der Waals surface area (Å²) in [6.07, 6.45) is 0.676. The van der Waals surface area contributed by atoms with Crippen LogP contribution in [-0.2, 0) is 11.2 Å². The molecule has 1 rings (SSSR count). The van der Waals surface area contributed by atoms with Gasteiger partial charge in [-0.25, -0.2) is 4.39 Å². The van der Waals surface area contributed by atoms with E-state index in [4.69, 9.17) is 16.3 Å². The lowest BCUT2D eigenvalue weighted by atomic mass is 9.77. The Hall–Kier alpha value is -0.640. The van der Waals surface area contributed by atoms with E-state index in [2.05, 4.69) is 26.1 Å². The maximum absolute atomic E-state index is 14.0. The SMILES string of the molecule is COCCNCC(Cc1cccc(Cl)c1F)C(C)(C)C. The van der Waals surface area contributed by atoms with Crippen LogP contribution in [0, 0.1) is 17.2 Å². The highest BCUT2D eigenvalue weighted by molar-refractivity contribution is 6.30. The van der Waals surface area contributed by atoms with E-state index in [-0.39, 0.29) is 16.3 Å². The molecule has 0 spiro atoms. The van der Waals surface area contributed by atoms with Gasteiger partial charge in [-0.05, 0) is 35.9 Å². The van der Waals surface area contributed by atoms with Gasteiger partial charge in [-0.1, -0.05) is 44.5 Å². The van der Waals surface area contributed by atoms with Gasteiger partial charge in [-0.2, -0.15) is 0 Å². The number of nitrogens with one attached hydrogen (secondary N) is 1. The minimum atomic E-state index is -0.291. The Morgan fingerprint density at radius 1 is 1.35 bits per heavy atom. The van der Waals surface area contributed by atoms with Gasteiger partial charge in [0.1, 0.15) is 5.82 Å². The molecular weight excluding hydrogens is 277 g/mol. The average molecular weight is 302 g/mol. The quantitative estimate of drug-likeness (QED) is 0.771. The Morgan fingerprint density at radius 2 is 2.05 bits per heavy atom. The van der Waals surface area contributed by atoms with E-state index in [1.165, 1.54) is 0 Å². The molecular formula is C16H25ClFNO. The van der Waals surface area contributed by atoms with Crippen LogP contribution in [0.5, 0.6) is 0 Å². The number of rotatable bonds is 7. The van der Waals surface area contributed by atoms with Crippen molar-refractivity contribution < 1.29 is 9.13 Å². The summed E-state index contributed by atoms with van der Waals surface area (Å²) in [7, 11) is 1.68. The van der Waals surface area contributed by atoms with Gasteiger partial charge in [0, 0.05) is 13.7 Å². The third-order valence-electron chi connectivity index (χ3n) is 3.60. The van der Waals surface area contributed by atoms with Gasteiger partial charge in [0.2, 0.25) is 0 Å². The minimum absolute atomic E-state index is 0.0921. The number of methoxy groups -OCH3 is 1. The fourth-order valence-corrected chi connectivity index (χ4v) is 2.30. The van der Waals surface area contributed by atoms with E-state index in [1.807, 2.05) is 6.07 Å². The highest BCUT2D eigenvalue weighted by Gasteiger charge is 2.25. The largest absolute Gasteiger partial charge is 0.383 e. The summed E-state index contributed by atoms with van der Waals surface area (Å²) in [5.74, 6) is 0.0348. The summed E-state index contributed by atoms with van der Waals surface area (Å²) < 4.78 is 19.0. The number of hydrogen-bond acceptors (Lipinski definition) is 2. The van der Waals surface area contributed by atoms with Crippen LogP contribution in [-0.4, -0.2) is 26.8 Å². The topological polar surface area (TPSA) is 21.3 Å². The lowest BCUT2D eigenvalue weighted by Crippen LogP contribution is -2.35. The zero-order valence-electron chi connectivity index (χ0n) is 12.8. The third-order valence-corrected chi connectivity index (χ3v) is 3.89. The van der Waals surface area contributed by atoms with Crippen LogP contribution >= 0.6 is 11.6 Å². The molecule has 0 aliphatic rings. The standard InChI is InChI=1S/C16H25ClFNO/c1-16(2,3)13(11-19-8-9-20-4)10-12-6-5-7-14(17)15(12)18/h5-7,13,19H,8-11H2,1-4H3. The molecule has 2 nitrogen and oxygen atoms in total. The third kappa shape index (κ3) is 5.39. The number of benzene rings is 1. The molecule has 4 heteroatoms. The van der Waals surface area contributed by atoms with Gasteiger partial charge in [0.25, 0.3) is 0 Å². The van der Waals surface area contributed by atoms with Crippen molar-refractivity contribution in [2.75, 3.05) is 26.8 Å². The van der Waals surface area contributed by atoms with Crippen LogP contribution in [0.1, 0.15) is 26.3 Å². The van der Waals surface area contributed by atoms with Crippen molar-refractivity contribution >= 4 is 11.6 Å². The normalized spacial score (nSPS) is 13.5. The van der Waals surface area contributed by atoms with Crippen molar-refractivity contribution in [1.29, 1.82) is 0 Å². The lowest BCUT2D eigenvalue weighted by Gasteiger charge is -2.31. The summed E-state index contributed by atoms with van der Waals surface area (Å²) >= 11 is 5.85. The maximum atomic E-state index is 14.0. The van der Waals surface area contributed by atoms with Gasteiger partial charge < -0.3 is 10.1 Å². The van der Waals surface area contributed by atoms with Crippen LogP contribution in [0.15, 0.2) is 18.2 Å². The number of hydrogen-bond donors (Lipinski definition) is 1. The Balaban J connectivity index is 2.72. The average Bonchev–Trinajstić information content (AvgIpc) is 2.36. The first-order chi connectivity index (χ1) is 9.36. The molecule has 0 aliphatic carbocycles. The van der Waals surface area contributed by atoms with E-state index < -0.39 is 0 Å². The summed E-state index contributed by atoms with van der Waals surface area (Å²) in [5.41, 5.74) is 0.778. The summed E-state index contributed by atoms with van der Waals surface area (Å²) in [6.45, 7) is 8.86. The second-order valence-electron chi connectivity index (χ2n) is 6.18. The van der Waals surface area contributed by atoms with Crippen molar-refractivity contribution in [2.45, 2.75) is 27.2 Å². The molecule has 0 amide bonds. The fraction of sp³-hybridized carbons (Fsp3) is 0.625. The van der Waals surface area contributed by atoms with Crippen LogP contribution < -0.4 is 5.32 Å². The second kappa shape index (κ2) is 7.96. The Labute approximate surface area is 126 Å². The molecule has 0 saturated carbocycles. The molecule has 1 atom stereocenters. The van der Waals surface area contributed by atoms with Gasteiger partial charge in [-0.3, -0.25) is 0 Å². The van der Waals surface area contributed by atoms with Crippen molar-refractivity contribution in [3.63, 3.8) is 0 Å². The molecule has 20 heavy (non-hydrogen) atoms. The molecule has 1 N–H and O–H groups in total. The van der Waals surface area contributed by atoms with E-state index in [1.54, 1.807) is 19.2 Å². The zero-order chi connectivity index (χ0) is 15.2. The smallest absolute Gasteiger partial charge is 0.144 e. The highest BCUT2D eigenvalue weighted by atomic mass is 35.5. The first-order valence-electron chi connectivity index (χ1n) is 6.98. The van der Waals surface area contributed by atoms with E-state index >= 15 is 0 Å². The van der Waals surface area contributed by atoms with E-state index in [0.717, 1.165) is 13.1 Å². The molecule has 1 aromatic carbocycles. The fourth-order valence-electron chi connectivity index (χ4n) is 2.11. The van der Waals surface area contributed by atoms with Crippen LogP contribution in [0.3, 0.4) is 0 Å². The number of halogens is 2. The molecule has 0 aliphatic heterocycles. The van der Waals surface area contributed by atoms with Crippen molar-refractivity contribution in [3.05, 3.63) is 34.6 Å². The molecule has 1 aromatic rings. The summed E-state index contributed by atoms with van der Waals surface area (Å²) in [6, 6.07) is 5.21. The van der Waals surface area contributed by atoms with Gasteiger partial charge in [0.15, 0.2) is 0 Å². The van der Waals surface area contributed by atoms with Gasteiger partial charge in [-0.15, -0.1) is 0 Å². The molecule has 114 valence electrons. The zero-order valence-corrected chi connectivity index (χ0v) is 13.6.